The standard InChI is InChI=1S/C14H18N2O3S.C13H17NO2S/c1-10(17)16-8-5-11-3-4-12(9-13(11)16)20(18,19)15-14(2)6-7-14;1-13(7-8-13)14-17(15,16)12-6-5-10-3-2-4-11(10)9-12/h3-4,9,15H,5-8H2,1-2H3;5-6,9,14H,2-4,7-8H2,1H3. The number of aryl methyl sites for hydroxylation is 2. The van der Waals surface area contributed by atoms with Crippen molar-refractivity contribution < 1.29 is 21.6 Å². The van der Waals surface area contributed by atoms with Crippen molar-refractivity contribution in [3.63, 3.8) is 0 Å². The minimum atomic E-state index is -3.51. The van der Waals surface area contributed by atoms with Crippen LogP contribution < -0.4 is 14.3 Å². The van der Waals surface area contributed by atoms with E-state index in [1.807, 2.05) is 32.0 Å². The molecular weight excluding hydrogens is 510 g/mol. The Labute approximate surface area is 219 Å². The molecule has 200 valence electrons. The summed E-state index contributed by atoms with van der Waals surface area (Å²) in [7, 11) is -6.84. The van der Waals surface area contributed by atoms with Crippen LogP contribution in [0, 0.1) is 0 Å². The molecule has 2 N–H and O–H groups in total. The van der Waals surface area contributed by atoms with E-state index in [0.717, 1.165) is 62.6 Å². The molecule has 0 radical (unpaired) electrons. The van der Waals surface area contributed by atoms with Crippen molar-refractivity contribution in [3.8, 4) is 0 Å². The summed E-state index contributed by atoms with van der Waals surface area (Å²) in [4.78, 5) is 13.9. The first-order valence-electron chi connectivity index (χ1n) is 12.9. The molecule has 2 aromatic rings. The van der Waals surface area contributed by atoms with Crippen molar-refractivity contribution in [2.24, 2.45) is 0 Å². The average Bonchev–Trinajstić information content (AvgIpc) is 3.58. The molecule has 1 heterocycles. The summed E-state index contributed by atoms with van der Waals surface area (Å²) in [6.45, 7) is 5.98. The van der Waals surface area contributed by atoms with E-state index in [1.165, 1.54) is 18.1 Å². The van der Waals surface area contributed by atoms with E-state index in [9.17, 15) is 21.6 Å². The Kier molecular flexibility index (Phi) is 6.54. The van der Waals surface area contributed by atoms with Crippen LogP contribution in [-0.4, -0.2) is 40.4 Å². The van der Waals surface area contributed by atoms with Crippen molar-refractivity contribution in [1.82, 2.24) is 9.44 Å². The van der Waals surface area contributed by atoms with Crippen LogP contribution in [-0.2, 0) is 44.1 Å². The summed E-state index contributed by atoms with van der Waals surface area (Å²) in [6, 6.07) is 10.6. The second kappa shape index (κ2) is 9.18. The maximum absolute atomic E-state index is 12.3. The molecule has 8 nitrogen and oxygen atoms in total. The van der Waals surface area contributed by atoms with Crippen LogP contribution in [0.15, 0.2) is 46.2 Å². The molecule has 6 rings (SSSR count). The zero-order chi connectivity index (χ0) is 26.6. The molecule has 2 fully saturated rings. The molecule has 2 aromatic carbocycles. The second-order valence-corrected chi connectivity index (χ2v) is 14.7. The lowest BCUT2D eigenvalue weighted by atomic mass is 10.1. The Morgan fingerprint density at radius 2 is 1.27 bits per heavy atom. The van der Waals surface area contributed by atoms with Gasteiger partial charge in [-0.05, 0) is 106 Å². The van der Waals surface area contributed by atoms with Gasteiger partial charge < -0.3 is 4.90 Å². The molecule has 1 amide bonds. The first kappa shape index (κ1) is 26.3. The largest absolute Gasteiger partial charge is 0.312 e. The highest BCUT2D eigenvalue weighted by atomic mass is 32.2. The molecule has 0 bridgehead atoms. The van der Waals surface area contributed by atoms with Gasteiger partial charge in [0.05, 0.1) is 9.79 Å². The zero-order valence-electron chi connectivity index (χ0n) is 21.6. The quantitative estimate of drug-likeness (QED) is 0.578. The monoisotopic (exact) mass is 545 g/mol. The summed E-state index contributed by atoms with van der Waals surface area (Å²) in [5.74, 6) is -0.0552. The second-order valence-electron chi connectivity index (χ2n) is 11.3. The van der Waals surface area contributed by atoms with Gasteiger partial charge in [0.1, 0.15) is 0 Å². The van der Waals surface area contributed by atoms with Gasteiger partial charge in [-0.15, -0.1) is 0 Å². The SMILES string of the molecule is CC(=O)N1CCc2ccc(S(=O)(=O)NC3(C)CC3)cc21.CC1(NS(=O)(=O)c2ccc3c(c2)CCC3)CC1. The molecule has 3 aliphatic carbocycles. The fraction of sp³-hybridized carbons (Fsp3) is 0.519. The Bertz CT molecular complexity index is 1460. The van der Waals surface area contributed by atoms with E-state index >= 15 is 0 Å². The Morgan fingerprint density at radius 1 is 0.757 bits per heavy atom. The lowest BCUT2D eigenvalue weighted by Crippen LogP contribution is -2.34. The number of carbonyl (C=O) groups is 1. The number of nitrogens with zero attached hydrogens (tertiary/aromatic N) is 1. The zero-order valence-corrected chi connectivity index (χ0v) is 23.3. The van der Waals surface area contributed by atoms with Crippen LogP contribution in [0.4, 0.5) is 5.69 Å². The van der Waals surface area contributed by atoms with Crippen molar-refractivity contribution in [2.45, 2.75) is 93.0 Å². The highest BCUT2D eigenvalue weighted by molar-refractivity contribution is 7.89. The van der Waals surface area contributed by atoms with E-state index in [4.69, 9.17) is 0 Å². The highest BCUT2D eigenvalue weighted by Crippen LogP contribution is 2.38. The van der Waals surface area contributed by atoms with E-state index in [0.29, 0.717) is 11.4 Å². The Morgan fingerprint density at radius 3 is 1.81 bits per heavy atom. The van der Waals surface area contributed by atoms with Gasteiger partial charge in [-0.25, -0.2) is 26.3 Å². The number of fused-ring (bicyclic) bond motifs is 2. The molecule has 37 heavy (non-hydrogen) atoms. The van der Waals surface area contributed by atoms with E-state index < -0.39 is 20.0 Å². The first-order chi connectivity index (χ1) is 17.3. The van der Waals surface area contributed by atoms with Gasteiger partial charge in [0.2, 0.25) is 26.0 Å². The topological polar surface area (TPSA) is 113 Å². The van der Waals surface area contributed by atoms with Crippen LogP contribution in [0.25, 0.3) is 0 Å². The number of nitrogens with one attached hydrogen (secondary N) is 2. The molecule has 4 aliphatic rings. The van der Waals surface area contributed by atoms with Gasteiger partial charge in [-0.2, -0.15) is 0 Å². The van der Waals surface area contributed by atoms with Crippen LogP contribution in [0.2, 0.25) is 0 Å². The Balaban J connectivity index is 0.000000153. The summed E-state index contributed by atoms with van der Waals surface area (Å²) >= 11 is 0. The number of rotatable bonds is 6. The fourth-order valence-corrected chi connectivity index (χ4v) is 7.91. The molecule has 0 spiro atoms. The van der Waals surface area contributed by atoms with Crippen LogP contribution >= 0.6 is 0 Å². The lowest BCUT2D eigenvalue weighted by Gasteiger charge is -2.17. The van der Waals surface area contributed by atoms with Gasteiger partial charge in [0.15, 0.2) is 0 Å². The van der Waals surface area contributed by atoms with E-state index in [1.54, 1.807) is 23.1 Å². The predicted molar refractivity (Wildman–Crippen MR) is 143 cm³/mol. The average molecular weight is 546 g/mol. The summed E-state index contributed by atoms with van der Waals surface area (Å²) in [6.07, 6.45) is 7.64. The number of hydrogen-bond acceptors (Lipinski definition) is 5. The number of anilines is 1. The molecule has 0 unspecified atom stereocenters. The molecule has 2 saturated carbocycles. The van der Waals surface area contributed by atoms with E-state index in [-0.39, 0.29) is 21.9 Å². The maximum atomic E-state index is 12.3. The molecule has 0 saturated heterocycles. The number of amides is 1. The number of benzene rings is 2. The summed E-state index contributed by atoms with van der Waals surface area (Å²) in [5, 5.41) is 0. The molecule has 0 atom stereocenters. The molecule has 10 heteroatoms. The summed E-state index contributed by atoms with van der Waals surface area (Å²) < 4.78 is 54.6. The Hall–Kier alpha value is -2.27. The van der Waals surface area contributed by atoms with Crippen molar-refractivity contribution in [1.29, 1.82) is 0 Å². The fourth-order valence-electron chi connectivity index (χ4n) is 4.91. The smallest absolute Gasteiger partial charge is 0.241 e. The van der Waals surface area contributed by atoms with Crippen molar-refractivity contribution >= 4 is 31.6 Å². The lowest BCUT2D eigenvalue weighted by molar-refractivity contribution is -0.116. The number of sulfonamides is 2. The van der Waals surface area contributed by atoms with Crippen LogP contribution in [0.3, 0.4) is 0 Å². The van der Waals surface area contributed by atoms with Crippen LogP contribution in [0.1, 0.15) is 69.6 Å². The first-order valence-corrected chi connectivity index (χ1v) is 15.9. The minimum Gasteiger partial charge on any atom is -0.312 e. The molecule has 0 aromatic heterocycles. The van der Waals surface area contributed by atoms with Crippen LogP contribution in [0.5, 0.6) is 0 Å². The minimum absolute atomic E-state index is 0.0552. The normalized spacial score (nSPS) is 20.5. The van der Waals surface area contributed by atoms with Gasteiger partial charge in [0.25, 0.3) is 0 Å². The predicted octanol–water partition coefficient (Wildman–Crippen LogP) is 3.43. The van der Waals surface area contributed by atoms with Gasteiger partial charge in [-0.1, -0.05) is 12.1 Å². The van der Waals surface area contributed by atoms with Gasteiger partial charge >= 0.3 is 0 Å². The molecular formula is C27H35N3O5S2. The third-order valence-corrected chi connectivity index (χ3v) is 11.1. The third kappa shape index (κ3) is 5.77. The third-order valence-electron chi connectivity index (χ3n) is 7.78. The maximum Gasteiger partial charge on any atom is 0.241 e. The van der Waals surface area contributed by atoms with Gasteiger partial charge in [-0.3, -0.25) is 4.79 Å². The summed E-state index contributed by atoms with van der Waals surface area (Å²) in [5.41, 5.74) is 3.77. The highest BCUT2D eigenvalue weighted by Gasteiger charge is 2.42. The number of carbonyl (C=O) groups excluding carboxylic acids is 1. The molecule has 1 aliphatic heterocycles. The van der Waals surface area contributed by atoms with E-state index in [2.05, 4.69) is 9.44 Å². The number of hydrogen-bond donors (Lipinski definition) is 2. The van der Waals surface area contributed by atoms with Crippen molar-refractivity contribution in [3.05, 3.63) is 53.1 Å². The van der Waals surface area contributed by atoms with Gasteiger partial charge in [0, 0.05) is 30.2 Å². The van der Waals surface area contributed by atoms with Crippen molar-refractivity contribution in [2.75, 3.05) is 11.4 Å².